The highest BCUT2D eigenvalue weighted by Crippen LogP contribution is 2.16. The lowest BCUT2D eigenvalue weighted by Gasteiger charge is -2.15. The van der Waals surface area contributed by atoms with Crippen LogP contribution in [0.25, 0.3) is 0 Å². The molecule has 1 amide bonds. The molecular weight excluding hydrogens is 262 g/mol. The number of hydrogen-bond donors (Lipinski definition) is 2. The van der Waals surface area contributed by atoms with Gasteiger partial charge >= 0.3 is 5.97 Å². The molecule has 20 heavy (non-hydrogen) atoms. The van der Waals surface area contributed by atoms with Gasteiger partial charge in [-0.25, -0.2) is 0 Å². The van der Waals surface area contributed by atoms with Gasteiger partial charge in [0, 0.05) is 6.04 Å². The van der Waals surface area contributed by atoms with E-state index in [-0.39, 0.29) is 25.0 Å². The molecule has 6 nitrogen and oxygen atoms in total. The monoisotopic (exact) mass is 281 g/mol. The molecule has 0 aromatic heterocycles. The van der Waals surface area contributed by atoms with Crippen LogP contribution >= 0.6 is 0 Å². The molecule has 0 heterocycles. The number of methoxy groups -OCH3 is 1. The summed E-state index contributed by atoms with van der Waals surface area (Å²) >= 11 is 0. The van der Waals surface area contributed by atoms with Crippen molar-refractivity contribution in [2.24, 2.45) is 0 Å². The van der Waals surface area contributed by atoms with Crippen LogP contribution in [-0.2, 0) is 9.59 Å². The first kappa shape index (κ1) is 15.8. The largest absolute Gasteiger partial charge is 0.497 e. The summed E-state index contributed by atoms with van der Waals surface area (Å²) in [5, 5.41) is 11.3. The molecule has 1 rings (SSSR count). The van der Waals surface area contributed by atoms with Crippen LogP contribution in [-0.4, -0.2) is 36.7 Å². The van der Waals surface area contributed by atoms with E-state index >= 15 is 0 Å². The van der Waals surface area contributed by atoms with Gasteiger partial charge in [-0.1, -0.05) is 6.92 Å². The number of rotatable bonds is 8. The Kier molecular flexibility index (Phi) is 6.36. The Hall–Kier alpha value is -2.24. The number of amides is 1. The minimum absolute atomic E-state index is 0.0925. The average molecular weight is 281 g/mol. The van der Waals surface area contributed by atoms with E-state index in [1.54, 1.807) is 31.4 Å². The number of ether oxygens (including phenoxy) is 2. The molecule has 6 heteroatoms. The van der Waals surface area contributed by atoms with Crippen molar-refractivity contribution in [3.63, 3.8) is 0 Å². The molecule has 110 valence electrons. The molecule has 1 atom stereocenters. The number of hydrogen-bond acceptors (Lipinski definition) is 4. The van der Waals surface area contributed by atoms with Gasteiger partial charge in [-0.2, -0.15) is 0 Å². The van der Waals surface area contributed by atoms with Crippen molar-refractivity contribution < 1.29 is 24.2 Å². The van der Waals surface area contributed by atoms with Crippen LogP contribution in [0.15, 0.2) is 24.3 Å². The molecule has 1 aromatic carbocycles. The van der Waals surface area contributed by atoms with E-state index in [9.17, 15) is 9.59 Å². The first-order valence-corrected chi connectivity index (χ1v) is 6.33. The Balaban J connectivity index is 2.39. The second-order valence-electron chi connectivity index (χ2n) is 4.23. The molecule has 2 N–H and O–H groups in total. The van der Waals surface area contributed by atoms with Gasteiger partial charge in [0.05, 0.1) is 13.5 Å². The zero-order valence-corrected chi connectivity index (χ0v) is 11.6. The summed E-state index contributed by atoms with van der Waals surface area (Å²) in [4.78, 5) is 22.2. The van der Waals surface area contributed by atoms with E-state index in [1.165, 1.54) is 0 Å². The third-order valence-corrected chi connectivity index (χ3v) is 2.71. The van der Waals surface area contributed by atoms with Crippen LogP contribution in [0.5, 0.6) is 11.5 Å². The minimum atomic E-state index is -0.937. The van der Waals surface area contributed by atoms with Gasteiger partial charge < -0.3 is 19.9 Å². The highest BCUT2D eigenvalue weighted by atomic mass is 16.5. The lowest BCUT2D eigenvalue weighted by atomic mass is 10.1. The topological polar surface area (TPSA) is 84.9 Å². The van der Waals surface area contributed by atoms with E-state index in [0.717, 1.165) is 0 Å². The summed E-state index contributed by atoms with van der Waals surface area (Å²) in [6.45, 7) is 1.67. The predicted octanol–water partition coefficient (Wildman–Crippen LogP) is 1.44. The normalized spacial score (nSPS) is 11.5. The highest BCUT2D eigenvalue weighted by molar-refractivity contribution is 5.78. The number of carbonyl (C=O) groups excluding carboxylic acids is 1. The van der Waals surface area contributed by atoms with Crippen molar-refractivity contribution in [1.29, 1.82) is 0 Å². The van der Waals surface area contributed by atoms with Crippen molar-refractivity contribution in [1.82, 2.24) is 5.32 Å². The third-order valence-electron chi connectivity index (χ3n) is 2.71. The Labute approximate surface area is 117 Å². The molecule has 0 aliphatic carbocycles. The Morgan fingerprint density at radius 3 is 2.35 bits per heavy atom. The fourth-order valence-electron chi connectivity index (χ4n) is 1.60. The number of aliphatic carboxylic acids is 1. The van der Waals surface area contributed by atoms with Gasteiger partial charge in [-0.15, -0.1) is 0 Å². The molecule has 0 saturated carbocycles. The molecule has 1 unspecified atom stereocenters. The van der Waals surface area contributed by atoms with Crippen LogP contribution in [0.2, 0.25) is 0 Å². The number of carbonyl (C=O) groups is 2. The minimum Gasteiger partial charge on any atom is -0.497 e. The Bertz CT molecular complexity index is 443. The summed E-state index contributed by atoms with van der Waals surface area (Å²) in [6.07, 6.45) is 0.464. The molecule has 0 aliphatic rings. The Morgan fingerprint density at radius 1 is 1.25 bits per heavy atom. The van der Waals surface area contributed by atoms with Crippen molar-refractivity contribution in [2.45, 2.75) is 25.8 Å². The maximum absolute atomic E-state index is 11.6. The fraction of sp³-hybridized carbons (Fsp3) is 0.429. The standard InChI is InChI=1S/C14H19NO5/c1-3-10(8-14(17)18)15-13(16)9-20-12-6-4-11(19-2)5-7-12/h4-7,10H,3,8-9H2,1-2H3,(H,15,16)(H,17,18). The molecule has 0 spiro atoms. The third kappa shape index (κ3) is 5.60. The van der Waals surface area contributed by atoms with Crippen molar-refractivity contribution >= 4 is 11.9 Å². The second-order valence-corrected chi connectivity index (χ2v) is 4.23. The number of carboxylic acid groups (broad SMARTS) is 1. The van der Waals surface area contributed by atoms with E-state index in [0.29, 0.717) is 17.9 Å². The SMILES string of the molecule is CCC(CC(=O)O)NC(=O)COc1ccc(OC)cc1. The van der Waals surface area contributed by atoms with E-state index in [1.807, 2.05) is 6.92 Å². The summed E-state index contributed by atoms with van der Waals surface area (Å²) < 4.78 is 10.3. The average Bonchev–Trinajstić information content (AvgIpc) is 2.44. The molecule has 1 aromatic rings. The maximum Gasteiger partial charge on any atom is 0.305 e. The fourth-order valence-corrected chi connectivity index (χ4v) is 1.60. The lowest BCUT2D eigenvalue weighted by molar-refractivity contribution is -0.137. The van der Waals surface area contributed by atoms with Gasteiger partial charge in [0.25, 0.3) is 5.91 Å². The first-order valence-electron chi connectivity index (χ1n) is 6.33. The van der Waals surface area contributed by atoms with Gasteiger partial charge in [0.2, 0.25) is 0 Å². The molecule has 0 fully saturated rings. The van der Waals surface area contributed by atoms with Gasteiger partial charge in [-0.05, 0) is 30.7 Å². The van der Waals surface area contributed by atoms with Crippen molar-refractivity contribution in [3.8, 4) is 11.5 Å². The zero-order chi connectivity index (χ0) is 15.0. The summed E-state index contributed by atoms with van der Waals surface area (Å²) in [6, 6.07) is 6.47. The quantitative estimate of drug-likeness (QED) is 0.753. The lowest BCUT2D eigenvalue weighted by Crippen LogP contribution is -2.38. The maximum atomic E-state index is 11.6. The summed E-state index contributed by atoms with van der Waals surface area (Å²) in [5.41, 5.74) is 0. The number of nitrogens with one attached hydrogen (secondary N) is 1. The molecule has 0 radical (unpaired) electrons. The first-order chi connectivity index (χ1) is 9.55. The smallest absolute Gasteiger partial charge is 0.305 e. The van der Waals surface area contributed by atoms with Gasteiger partial charge in [-0.3, -0.25) is 9.59 Å². The van der Waals surface area contributed by atoms with Gasteiger partial charge in [0.1, 0.15) is 11.5 Å². The van der Waals surface area contributed by atoms with E-state index in [2.05, 4.69) is 5.32 Å². The zero-order valence-electron chi connectivity index (χ0n) is 11.6. The van der Waals surface area contributed by atoms with E-state index < -0.39 is 5.97 Å². The highest BCUT2D eigenvalue weighted by Gasteiger charge is 2.14. The summed E-state index contributed by atoms with van der Waals surface area (Å²) in [5.74, 6) is -0.0244. The van der Waals surface area contributed by atoms with Crippen LogP contribution < -0.4 is 14.8 Å². The van der Waals surface area contributed by atoms with Crippen LogP contribution in [0.1, 0.15) is 19.8 Å². The van der Waals surface area contributed by atoms with Gasteiger partial charge in [0.15, 0.2) is 6.61 Å². The van der Waals surface area contributed by atoms with Crippen molar-refractivity contribution in [3.05, 3.63) is 24.3 Å². The predicted molar refractivity (Wildman–Crippen MR) is 73.0 cm³/mol. The van der Waals surface area contributed by atoms with Crippen LogP contribution in [0.4, 0.5) is 0 Å². The number of benzene rings is 1. The van der Waals surface area contributed by atoms with Crippen molar-refractivity contribution in [2.75, 3.05) is 13.7 Å². The Morgan fingerprint density at radius 2 is 1.85 bits per heavy atom. The van der Waals surface area contributed by atoms with E-state index in [4.69, 9.17) is 14.6 Å². The number of carboxylic acids is 1. The van der Waals surface area contributed by atoms with Crippen LogP contribution in [0, 0.1) is 0 Å². The summed E-state index contributed by atoms with van der Waals surface area (Å²) in [7, 11) is 1.57. The second kappa shape index (κ2) is 8.04. The molecule has 0 saturated heterocycles. The molecule has 0 bridgehead atoms. The van der Waals surface area contributed by atoms with Crippen LogP contribution in [0.3, 0.4) is 0 Å². The molecule has 0 aliphatic heterocycles. The molecular formula is C14H19NO5.